The maximum Gasteiger partial charge on any atom is 0.358 e. The fourth-order valence-electron chi connectivity index (χ4n) is 3.57. The average Bonchev–Trinajstić information content (AvgIpc) is 3.52. The van der Waals surface area contributed by atoms with Crippen molar-refractivity contribution in [2.24, 2.45) is 0 Å². The molecule has 0 atom stereocenters. The summed E-state index contributed by atoms with van der Waals surface area (Å²) >= 11 is 1.22. The van der Waals surface area contributed by atoms with Crippen molar-refractivity contribution in [3.8, 4) is 22.3 Å². The van der Waals surface area contributed by atoms with Crippen molar-refractivity contribution in [1.82, 2.24) is 15.0 Å². The molecule has 5 rings (SSSR count). The fourth-order valence-corrected chi connectivity index (χ4v) is 4.31. The van der Waals surface area contributed by atoms with Crippen LogP contribution < -0.4 is 14.8 Å². The van der Waals surface area contributed by atoms with Crippen molar-refractivity contribution in [3.05, 3.63) is 47.7 Å². The summed E-state index contributed by atoms with van der Waals surface area (Å²) in [6.45, 7) is -0.439. The first-order valence-electron chi connectivity index (χ1n) is 9.82. The zero-order chi connectivity index (χ0) is 21.3. The van der Waals surface area contributed by atoms with E-state index in [2.05, 4.69) is 20.3 Å². The van der Waals surface area contributed by atoms with Gasteiger partial charge in [0.1, 0.15) is 0 Å². The number of nitrogens with one attached hydrogen (secondary N) is 1. The number of rotatable bonds is 5. The molecule has 31 heavy (non-hydrogen) atoms. The van der Waals surface area contributed by atoms with Crippen LogP contribution in [0.4, 0.5) is 5.69 Å². The number of benzene rings is 1. The first-order valence-corrected chi connectivity index (χ1v) is 10.7. The van der Waals surface area contributed by atoms with Crippen LogP contribution in [0.5, 0.6) is 11.5 Å². The molecule has 1 fully saturated rings. The number of anilines is 1. The minimum absolute atomic E-state index is 0.102. The van der Waals surface area contributed by atoms with Gasteiger partial charge in [0.25, 0.3) is 11.7 Å². The number of nitrogens with zero attached hydrogens (tertiary/aromatic N) is 3. The lowest BCUT2D eigenvalue weighted by atomic mass is 10.2. The van der Waals surface area contributed by atoms with Crippen LogP contribution in [0.15, 0.2) is 42.0 Å². The number of carbonyl (C=O) groups is 2. The number of esters is 1. The molecule has 2 aromatic heterocycles. The van der Waals surface area contributed by atoms with Gasteiger partial charge in [-0.25, -0.2) is 19.7 Å². The maximum absolute atomic E-state index is 12.2. The van der Waals surface area contributed by atoms with Crippen LogP contribution >= 0.6 is 11.3 Å². The van der Waals surface area contributed by atoms with E-state index < -0.39 is 24.3 Å². The minimum Gasteiger partial charge on any atom is -0.451 e. The summed E-state index contributed by atoms with van der Waals surface area (Å²) < 4.78 is 17.0. The molecule has 0 unspecified atom stereocenters. The second-order valence-corrected chi connectivity index (χ2v) is 8.08. The van der Waals surface area contributed by atoms with Gasteiger partial charge in [-0.15, -0.1) is 11.3 Å². The Balaban J connectivity index is 1.16. The third-order valence-corrected chi connectivity index (χ3v) is 5.83. The minimum atomic E-state index is -0.692. The molecule has 1 aliphatic heterocycles. The first kappa shape index (κ1) is 19.4. The Kier molecular flexibility index (Phi) is 4.99. The zero-order valence-corrected chi connectivity index (χ0v) is 17.2. The number of hydrogen-bond acceptors (Lipinski definition) is 9. The normalized spacial score (nSPS) is 15.7. The van der Waals surface area contributed by atoms with Crippen LogP contribution in [0.2, 0.25) is 0 Å². The Hall–Kier alpha value is -3.53. The molecule has 1 amide bonds. The Morgan fingerprint density at radius 2 is 1.90 bits per heavy atom. The lowest BCUT2D eigenvalue weighted by Crippen LogP contribution is -2.34. The topological polar surface area (TPSA) is 113 Å². The smallest absolute Gasteiger partial charge is 0.358 e. The lowest BCUT2D eigenvalue weighted by Gasteiger charge is -2.21. The van der Waals surface area contributed by atoms with E-state index in [0.29, 0.717) is 28.0 Å². The molecule has 2 aliphatic rings. The molecule has 1 aliphatic carbocycles. The van der Waals surface area contributed by atoms with Crippen LogP contribution in [0.1, 0.15) is 36.2 Å². The summed E-state index contributed by atoms with van der Waals surface area (Å²) in [5.41, 5.74) is 0.640. The lowest BCUT2D eigenvalue weighted by molar-refractivity contribution is -0.119. The molecule has 1 N–H and O–H groups in total. The molecule has 9 nitrogen and oxygen atoms in total. The van der Waals surface area contributed by atoms with Gasteiger partial charge < -0.3 is 19.5 Å². The third kappa shape index (κ3) is 4.06. The van der Waals surface area contributed by atoms with Crippen molar-refractivity contribution >= 4 is 28.9 Å². The van der Waals surface area contributed by atoms with Gasteiger partial charge >= 0.3 is 5.97 Å². The molecule has 3 aromatic rings. The van der Waals surface area contributed by atoms with E-state index in [0.717, 1.165) is 25.7 Å². The maximum atomic E-state index is 12.2. The summed E-state index contributed by atoms with van der Waals surface area (Å²) in [6, 6.07) is 6.90. The van der Waals surface area contributed by atoms with E-state index in [4.69, 9.17) is 14.2 Å². The number of hydrogen-bond donors (Lipinski definition) is 1. The predicted molar refractivity (Wildman–Crippen MR) is 111 cm³/mol. The molecule has 0 bridgehead atoms. The first-order chi connectivity index (χ1) is 15.1. The molecule has 1 saturated carbocycles. The standard InChI is InChI=1S/C21H18N4O5S/c26-17(11-28-20(27)14-12-31-19(25-14)18-22-8-3-9-23-18)24-13-4-5-15-16(10-13)30-21(29-15)6-1-2-7-21/h3-5,8-10,12H,1-2,6-7,11H2,(H,24,26). The van der Waals surface area contributed by atoms with Crippen molar-refractivity contribution in [2.45, 2.75) is 31.5 Å². The molecule has 10 heteroatoms. The van der Waals surface area contributed by atoms with Crippen LogP contribution in [0.25, 0.3) is 10.8 Å². The van der Waals surface area contributed by atoms with Crippen LogP contribution in [-0.4, -0.2) is 39.2 Å². The van der Waals surface area contributed by atoms with Crippen molar-refractivity contribution in [2.75, 3.05) is 11.9 Å². The van der Waals surface area contributed by atoms with Gasteiger partial charge in [-0.2, -0.15) is 0 Å². The molecule has 0 radical (unpaired) electrons. The highest BCUT2D eigenvalue weighted by atomic mass is 32.1. The van der Waals surface area contributed by atoms with E-state index in [1.807, 2.05) is 0 Å². The highest BCUT2D eigenvalue weighted by Crippen LogP contribution is 2.47. The molecular weight excluding hydrogens is 420 g/mol. The Labute approximate surface area is 181 Å². The van der Waals surface area contributed by atoms with E-state index >= 15 is 0 Å². The monoisotopic (exact) mass is 438 g/mol. The van der Waals surface area contributed by atoms with Gasteiger partial charge in [-0.1, -0.05) is 0 Å². The van der Waals surface area contributed by atoms with Crippen molar-refractivity contribution < 1.29 is 23.8 Å². The van der Waals surface area contributed by atoms with E-state index in [1.165, 1.54) is 11.3 Å². The van der Waals surface area contributed by atoms with Gasteiger partial charge in [-0.05, 0) is 31.0 Å². The SMILES string of the molecule is O=C(COC(=O)c1csc(-c2ncccn2)n1)Nc1ccc2c(c1)OC1(CCCC1)O2. The van der Waals surface area contributed by atoms with Gasteiger partial charge in [0, 0.05) is 42.4 Å². The number of carbonyl (C=O) groups excluding carboxylic acids is 2. The second-order valence-electron chi connectivity index (χ2n) is 7.22. The molecular formula is C21H18N4O5S. The summed E-state index contributed by atoms with van der Waals surface area (Å²) in [5, 5.41) is 4.74. The van der Waals surface area contributed by atoms with Gasteiger partial charge in [0.15, 0.2) is 34.6 Å². The Morgan fingerprint density at radius 3 is 2.71 bits per heavy atom. The molecule has 3 heterocycles. The number of ether oxygens (including phenoxy) is 3. The highest BCUT2D eigenvalue weighted by Gasteiger charge is 2.44. The van der Waals surface area contributed by atoms with Gasteiger partial charge in [0.2, 0.25) is 0 Å². The number of amides is 1. The van der Waals surface area contributed by atoms with Crippen LogP contribution in [-0.2, 0) is 9.53 Å². The quantitative estimate of drug-likeness (QED) is 0.603. The molecule has 158 valence electrons. The van der Waals surface area contributed by atoms with E-state index in [1.54, 1.807) is 42.0 Å². The summed E-state index contributed by atoms with van der Waals surface area (Å²) in [5.74, 6) is -0.0148. The molecule has 0 saturated heterocycles. The number of thiazole rings is 1. The molecule has 1 aromatic carbocycles. The van der Waals surface area contributed by atoms with E-state index in [9.17, 15) is 9.59 Å². The zero-order valence-electron chi connectivity index (χ0n) is 16.4. The van der Waals surface area contributed by atoms with Crippen molar-refractivity contribution in [1.29, 1.82) is 0 Å². The van der Waals surface area contributed by atoms with Gasteiger partial charge in [-0.3, -0.25) is 4.79 Å². The Bertz CT molecular complexity index is 1130. The summed E-state index contributed by atoms with van der Waals surface area (Å²) in [7, 11) is 0. The third-order valence-electron chi connectivity index (χ3n) is 4.99. The van der Waals surface area contributed by atoms with Crippen LogP contribution in [0.3, 0.4) is 0 Å². The van der Waals surface area contributed by atoms with Gasteiger partial charge in [0.05, 0.1) is 0 Å². The number of aromatic nitrogens is 3. The molecule has 1 spiro atoms. The second kappa shape index (κ2) is 7.95. The fraction of sp³-hybridized carbons (Fsp3) is 0.286. The van der Waals surface area contributed by atoms with Crippen LogP contribution in [0, 0.1) is 0 Å². The van der Waals surface area contributed by atoms with E-state index in [-0.39, 0.29) is 5.69 Å². The largest absolute Gasteiger partial charge is 0.451 e. The number of fused-ring (bicyclic) bond motifs is 1. The van der Waals surface area contributed by atoms with Crippen molar-refractivity contribution in [3.63, 3.8) is 0 Å². The highest BCUT2D eigenvalue weighted by molar-refractivity contribution is 7.13. The Morgan fingerprint density at radius 1 is 1.13 bits per heavy atom. The predicted octanol–water partition coefficient (Wildman–Crippen LogP) is 3.44. The average molecular weight is 438 g/mol. The summed E-state index contributed by atoms with van der Waals surface area (Å²) in [4.78, 5) is 36.8. The summed E-state index contributed by atoms with van der Waals surface area (Å²) in [6.07, 6.45) is 7.04.